The number of rotatable bonds is 2. The number of hydrogen-bond acceptors (Lipinski definition) is 2. The Balaban J connectivity index is 1.64. The van der Waals surface area contributed by atoms with Crippen molar-refractivity contribution in [3.05, 3.63) is 82.9 Å². The van der Waals surface area contributed by atoms with Crippen LogP contribution in [0.3, 0.4) is 0 Å². The van der Waals surface area contributed by atoms with E-state index in [4.69, 9.17) is 9.47 Å². The lowest BCUT2D eigenvalue weighted by molar-refractivity contribution is -0.279. The molecule has 2 aliphatic carbocycles. The van der Waals surface area contributed by atoms with Crippen LogP contribution in [-0.4, -0.2) is 19.0 Å². The number of fused-ring (bicyclic) bond motifs is 2. The van der Waals surface area contributed by atoms with Gasteiger partial charge in [0, 0.05) is 0 Å². The van der Waals surface area contributed by atoms with Crippen molar-refractivity contribution in [2.45, 2.75) is 24.0 Å². The van der Waals surface area contributed by atoms with Gasteiger partial charge in [0.25, 0.3) is 0 Å². The van der Waals surface area contributed by atoms with Gasteiger partial charge in [0.2, 0.25) is 0 Å². The molecule has 24 heavy (non-hydrogen) atoms. The molecule has 3 aliphatic rings. The monoisotopic (exact) mass is 316 g/mol. The zero-order valence-corrected chi connectivity index (χ0v) is 13.5. The van der Waals surface area contributed by atoms with E-state index in [1.165, 1.54) is 22.3 Å². The van der Waals surface area contributed by atoms with Crippen molar-refractivity contribution >= 4 is 12.2 Å². The lowest BCUT2D eigenvalue weighted by Gasteiger charge is -2.45. The van der Waals surface area contributed by atoms with Crippen LogP contribution in [0.25, 0.3) is 12.2 Å². The maximum Gasteiger partial charge on any atom is 0.188 e. The molecule has 120 valence electrons. The van der Waals surface area contributed by atoms with Crippen molar-refractivity contribution in [3.8, 4) is 0 Å². The van der Waals surface area contributed by atoms with Crippen LogP contribution in [0.4, 0.5) is 0 Å². The molecule has 2 heteroatoms. The SMILES string of the molecule is C1=CC(C2(C3C=Cc4ccccc43)OCCCO2)c2ccccc21. The van der Waals surface area contributed by atoms with E-state index in [-0.39, 0.29) is 11.8 Å². The second kappa shape index (κ2) is 5.44. The molecule has 1 saturated heterocycles. The molecule has 0 N–H and O–H groups in total. The fourth-order valence-corrected chi connectivity index (χ4v) is 4.32. The topological polar surface area (TPSA) is 18.5 Å². The normalized spacial score (nSPS) is 26.3. The average Bonchev–Trinajstić information content (AvgIpc) is 3.27. The molecule has 2 unspecified atom stereocenters. The maximum atomic E-state index is 6.42. The third-order valence-corrected chi connectivity index (χ3v) is 5.41. The lowest BCUT2D eigenvalue weighted by Crippen LogP contribution is -2.49. The Hall–Kier alpha value is -2.16. The molecule has 2 aromatic carbocycles. The second-order valence-corrected chi connectivity index (χ2v) is 6.70. The van der Waals surface area contributed by atoms with Crippen LogP contribution in [0.5, 0.6) is 0 Å². The minimum atomic E-state index is -0.648. The number of benzene rings is 2. The summed E-state index contributed by atoms with van der Waals surface area (Å²) in [7, 11) is 0. The molecule has 0 saturated carbocycles. The molecule has 2 atom stereocenters. The Morgan fingerprint density at radius 2 is 1.21 bits per heavy atom. The van der Waals surface area contributed by atoms with Crippen LogP contribution in [0.15, 0.2) is 60.7 Å². The molecule has 1 heterocycles. The highest BCUT2D eigenvalue weighted by atomic mass is 16.7. The first kappa shape index (κ1) is 14.2. The zero-order valence-electron chi connectivity index (χ0n) is 13.5. The van der Waals surface area contributed by atoms with Crippen molar-refractivity contribution in [1.29, 1.82) is 0 Å². The molecule has 2 aromatic rings. The van der Waals surface area contributed by atoms with Gasteiger partial charge in [0.15, 0.2) is 5.79 Å². The Kier molecular flexibility index (Phi) is 3.22. The Morgan fingerprint density at radius 1 is 0.708 bits per heavy atom. The summed E-state index contributed by atoms with van der Waals surface area (Å²) in [6.45, 7) is 1.50. The van der Waals surface area contributed by atoms with E-state index in [1.54, 1.807) is 0 Å². The van der Waals surface area contributed by atoms with Gasteiger partial charge in [-0.2, -0.15) is 0 Å². The predicted molar refractivity (Wildman–Crippen MR) is 95.7 cm³/mol. The Bertz CT molecular complexity index is 764. The van der Waals surface area contributed by atoms with E-state index in [1.807, 2.05) is 0 Å². The quantitative estimate of drug-likeness (QED) is 0.796. The van der Waals surface area contributed by atoms with Crippen molar-refractivity contribution in [3.63, 3.8) is 0 Å². The highest BCUT2D eigenvalue weighted by Crippen LogP contribution is 2.52. The van der Waals surface area contributed by atoms with Gasteiger partial charge < -0.3 is 9.47 Å². The zero-order chi connectivity index (χ0) is 16.0. The van der Waals surface area contributed by atoms with Gasteiger partial charge in [-0.3, -0.25) is 0 Å². The molecule has 5 rings (SSSR count). The van der Waals surface area contributed by atoms with E-state index in [0.717, 1.165) is 19.6 Å². The van der Waals surface area contributed by atoms with Crippen molar-refractivity contribution < 1.29 is 9.47 Å². The first-order chi connectivity index (χ1) is 11.9. The highest BCUT2D eigenvalue weighted by Gasteiger charge is 2.51. The minimum Gasteiger partial charge on any atom is -0.348 e. The summed E-state index contributed by atoms with van der Waals surface area (Å²) in [5, 5.41) is 0. The summed E-state index contributed by atoms with van der Waals surface area (Å²) in [4.78, 5) is 0. The second-order valence-electron chi connectivity index (χ2n) is 6.70. The maximum absolute atomic E-state index is 6.42. The molecule has 0 aromatic heterocycles. The van der Waals surface area contributed by atoms with Crippen molar-refractivity contribution in [2.75, 3.05) is 13.2 Å². The molecule has 0 spiro atoms. The predicted octanol–water partition coefficient (Wildman–Crippen LogP) is 4.74. The molecule has 0 radical (unpaired) electrons. The fraction of sp³-hybridized carbons (Fsp3) is 0.273. The average molecular weight is 316 g/mol. The van der Waals surface area contributed by atoms with Crippen LogP contribution >= 0.6 is 0 Å². The third kappa shape index (κ3) is 1.97. The first-order valence-electron chi connectivity index (χ1n) is 8.71. The van der Waals surface area contributed by atoms with E-state index in [2.05, 4.69) is 72.8 Å². The molecule has 1 fully saturated rings. The lowest BCUT2D eigenvalue weighted by atomic mass is 9.80. The van der Waals surface area contributed by atoms with Crippen molar-refractivity contribution in [1.82, 2.24) is 0 Å². The van der Waals surface area contributed by atoms with Crippen LogP contribution < -0.4 is 0 Å². The van der Waals surface area contributed by atoms with Gasteiger partial charge in [-0.1, -0.05) is 72.8 Å². The van der Waals surface area contributed by atoms with Gasteiger partial charge in [0.1, 0.15) is 0 Å². The van der Waals surface area contributed by atoms with Gasteiger partial charge in [-0.05, 0) is 28.7 Å². The smallest absolute Gasteiger partial charge is 0.188 e. The first-order valence-corrected chi connectivity index (χ1v) is 8.71. The van der Waals surface area contributed by atoms with Crippen LogP contribution in [0.1, 0.15) is 40.5 Å². The van der Waals surface area contributed by atoms with E-state index < -0.39 is 5.79 Å². The Labute approximate surface area is 142 Å². The van der Waals surface area contributed by atoms with Gasteiger partial charge in [-0.25, -0.2) is 0 Å². The van der Waals surface area contributed by atoms with Gasteiger partial charge in [-0.15, -0.1) is 0 Å². The van der Waals surface area contributed by atoms with E-state index in [9.17, 15) is 0 Å². The number of hydrogen-bond donors (Lipinski definition) is 0. The summed E-state index contributed by atoms with van der Waals surface area (Å²) in [6, 6.07) is 17.1. The molecular formula is C22H20O2. The van der Waals surface area contributed by atoms with E-state index in [0.29, 0.717) is 0 Å². The molecular weight excluding hydrogens is 296 g/mol. The van der Waals surface area contributed by atoms with Gasteiger partial charge >= 0.3 is 0 Å². The Morgan fingerprint density at radius 3 is 1.75 bits per heavy atom. The highest BCUT2D eigenvalue weighted by molar-refractivity contribution is 5.66. The van der Waals surface area contributed by atoms with Gasteiger partial charge in [0.05, 0.1) is 25.0 Å². The largest absolute Gasteiger partial charge is 0.348 e. The van der Waals surface area contributed by atoms with Crippen LogP contribution in [-0.2, 0) is 9.47 Å². The number of ether oxygens (including phenoxy) is 2. The summed E-state index contributed by atoms with van der Waals surface area (Å²) >= 11 is 0. The summed E-state index contributed by atoms with van der Waals surface area (Å²) < 4.78 is 12.8. The molecule has 0 amide bonds. The summed E-state index contributed by atoms with van der Waals surface area (Å²) in [5.41, 5.74) is 5.15. The van der Waals surface area contributed by atoms with Crippen LogP contribution in [0.2, 0.25) is 0 Å². The molecule has 1 aliphatic heterocycles. The summed E-state index contributed by atoms with van der Waals surface area (Å²) in [6.07, 6.45) is 9.87. The van der Waals surface area contributed by atoms with Crippen LogP contribution in [0, 0.1) is 0 Å². The summed E-state index contributed by atoms with van der Waals surface area (Å²) in [5.74, 6) is -0.408. The fourth-order valence-electron chi connectivity index (χ4n) is 4.32. The van der Waals surface area contributed by atoms with E-state index >= 15 is 0 Å². The molecule has 0 bridgehead atoms. The third-order valence-electron chi connectivity index (χ3n) is 5.41. The molecule has 2 nitrogen and oxygen atoms in total. The standard InChI is InChI=1S/C22H20O2/c1-3-8-18-16(6-1)10-12-20(18)22(23-14-5-15-24-22)21-13-11-17-7-2-4-9-19(17)21/h1-4,6-13,20-21H,5,14-15H2. The van der Waals surface area contributed by atoms with Crippen molar-refractivity contribution in [2.24, 2.45) is 0 Å². The minimum absolute atomic E-state index is 0.120.